The van der Waals surface area contributed by atoms with Gasteiger partial charge in [0, 0.05) is 0 Å². The van der Waals surface area contributed by atoms with Crippen molar-refractivity contribution < 1.29 is 12.8 Å². The summed E-state index contributed by atoms with van der Waals surface area (Å²) in [4.78, 5) is -0.0582. The molecule has 0 atom stereocenters. The van der Waals surface area contributed by atoms with Gasteiger partial charge in [-0.2, -0.15) is 0 Å². The highest BCUT2D eigenvalue weighted by Gasteiger charge is 2.13. The summed E-state index contributed by atoms with van der Waals surface area (Å²) >= 11 is 4.52. The Hall–Kier alpha value is -1.01. The Morgan fingerprint density at radius 2 is 1.87 bits per heavy atom. The average molecular weight is 247 g/mol. The smallest absolute Gasteiger partial charge is 0.160 e. The number of nitrogens with two attached hydrogens (primary N) is 1. The lowest BCUT2D eigenvalue weighted by Crippen LogP contribution is -2.22. The fraction of sp³-hybridized carbons (Fsp3) is 0.222. The highest BCUT2D eigenvalue weighted by atomic mass is 32.2. The fourth-order valence-electron chi connectivity index (χ4n) is 1.10. The summed E-state index contributed by atoms with van der Waals surface area (Å²) in [5, 5.41) is 0. The van der Waals surface area contributed by atoms with Gasteiger partial charge in [-0.1, -0.05) is 24.4 Å². The summed E-state index contributed by atoms with van der Waals surface area (Å²) in [6, 6.07) is 5.27. The predicted octanol–water partition coefficient (Wildman–Crippen LogP) is 1.03. The molecule has 0 heterocycles. The number of hydrogen-bond donors (Lipinski definition) is 1. The molecule has 0 aliphatic rings. The molecule has 0 bridgehead atoms. The zero-order valence-corrected chi connectivity index (χ0v) is 9.44. The van der Waals surface area contributed by atoms with Crippen molar-refractivity contribution in [2.24, 2.45) is 5.73 Å². The van der Waals surface area contributed by atoms with Crippen LogP contribution in [-0.2, 0) is 15.6 Å². The molecule has 0 aliphatic carbocycles. The van der Waals surface area contributed by atoms with E-state index in [0.717, 1.165) is 0 Å². The molecule has 0 spiro atoms. The van der Waals surface area contributed by atoms with Gasteiger partial charge < -0.3 is 5.73 Å². The molecule has 1 aromatic carbocycles. The van der Waals surface area contributed by atoms with Crippen molar-refractivity contribution in [2.75, 3.05) is 5.75 Å². The number of halogens is 1. The Balaban J connectivity index is 2.78. The summed E-state index contributed by atoms with van der Waals surface area (Å²) in [7, 11) is -3.34. The monoisotopic (exact) mass is 247 g/mol. The summed E-state index contributed by atoms with van der Waals surface area (Å²) < 4.78 is 35.4. The molecule has 0 unspecified atom stereocenters. The SMILES string of the molecule is NC(=S)CS(=O)(=O)Cc1ccc(F)cc1. The van der Waals surface area contributed by atoms with Gasteiger partial charge in [0.1, 0.15) is 11.6 Å². The largest absolute Gasteiger partial charge is 0.392 e. The van der Waals surface area contributed by atoms with Crippen LogP contribution in [0, 0.1) is 5.82 Å². The van der Waals surface area contributed by atoms with Crippen molar-refractivity contribution in [1.29, 1.82) is 0 Å². The Labute approximate surface area is 93.0 Å². The van der Waals surface area contributed by atoms with Crippen molar-refractivity contribution in [3.63, 3.8) is 0 Å². The molecule has 6 heteroatoms. The van der Waals surface area contributed by atoms with Crippen LogP contribution in [0.15, 0.2) is 24.3 Å². The molecule has 2 N–H and O–H groups in total. The quantitative estimate of drug-likeness (QED) is 0.807. The Morgan fingerprint density at radius 3 is 2.33 bits per heavy atom. The maximum Gasteiger partial charge on any atom is 0.160 e. The van der Waals surface area contributed by atoms with E-state index in [1.807, 2.05) is 0 Å². The molecule has 15 heavy (non-hydrogen) atoms. The van der Waals surface area contributed by atoms with Crippen LogP contribution in [0.2, 0.25) is 0 Å². The highest BCUT2D eigenvalue weighted by Crippen LogP contribution is 2.08. The zero-order valence-electron chi connectivity index (χ0n) is 7.81. The normalized spacial score (nSPS) is 11.3. The third kappa shape index (κ3) is 4.35. The van der Waals surface area contributed by atoms with Gasteiger partial charge in [0.05, 0.1) is 10.7 Å². The number of rotatable bonds is 4. The van der Waals surface area contributed by atoms with E-state index in [1.54, 1.807) is 0 Å². The molecule has 0 amide bonds. The van der Waals surface area contributed by atoms with Crippen molar-refractivity contribution in [1.82, 2.24) is 0 Å². The van der Waals surface area contributed by atoms with Crippen LogP contribution >= 0.6 is 12.2 Å². The van der Waals surface area contributed by atoms with Crippen LogP contribution in [-0.4, -0.2) is 19.2 Å². The van der Waals surface area contributed by atoms with Crippen LogP contribution in [0.5, 0.6) is 0 Å². The average Bonchev–Trinajstić information content (AvgIpc) is 2.06. The molecule has 3 nitrogen and oxygen atoms in total. The van der Waals surface area contributed by atoms with E-state index in [2.05, 4.69) is 12.2 Å². The van der Waals surface area contributed by atoms with Crippen molar-refractivity contribution in [3.05, 3.63) is 35.6 Å². The summed E-state index contributed by atoms with van der Waals surface area (Å²) in [5.74, 6) is -0.893. The van der Waals surface area contributed by atoms with Crippen molar-refractivity contribution in [2.45, 2.75) is 5.75 Å². The van der Waals surface area contributed by atoms with E-state index in [-0.39, 0.29) is 16.5 Å². The second-order valence-corrected chi connectivity index (χ2v) is 5.71. The molecular weight excluding hydrogens is 237 g/mol. The number of thiocarbonyl (C=S) groups is 1. The van der Waals surface area contributed by atoms with Gasteiger partial charge in [0.2, 0.25) is 0 Å². The van der Waals surface area contributed by atoms with Crippen LogP contribution in [0.4, 0.5) is 4.39 Å². The van der Waals surface area contributed by atoms with Gasteiger partial charge in [-0.05, 0) is 17.7 Å². The lowest BCUT2D eigenvalue weighted by molar-refractivity contribution is 0.598. The predicted molar refractivity (Wildman–Crippen MR) is 60.7 cm³/mol. The maximum atomic E-state index is 12.5. The first-order chi connectivity index (χ1) is 6.89. The standard InChI is InChI=1S/C9H10FNO2S2/c10-8-3-1-7(2-4-8)5-15(12,13)6-9(11)14/h1-4H,5-6H2,(H2,11,14). The Morgan fingerprint density at radius 1 is 1.33 bits per heavy atom. The molecule has 82 valence electrons. The number of benzene rings is 1. The molecule has 0 saturated heterocycles. The van der Waals surface area contributed by atoms with E-state index < -0.39 is 15.7 Å². The van der Waals surface area contributed by atoms with E-state index in [1.165, 1.54) is 24.3 Å². The Kier molecular flexibility index (Phi) is 3.76. The third-order valence-corrected chi connectivity index (χ3v) is 3.51. The highest BCUT2D eigenvalue weighted by molar-refractivity contribution is 7.93. The van der Waals surface area contributed by atoms with Gasteiger partial charge in [-0.3, -0.25) is 0 Å². The minimum Gasteiger partial charge on any atom is -0.392 e. The van der Waals surface area contributed by atoms with Gasteiger partial charge in [-0.15, -0.1) is 0 Å². The topological polar surface area (TPSA) is 60.2 Å². The van der Waals surface area contributed by atoms with Gasteiger partial charge >= 0.3 is 0 Å². The second kappa shape index (κ2) is 4.67. The fourth-order valence-corrected chi connectivity index (χ4v) is 2.88. The minimum atomic E-state index is -3.34. The lowest BCUT2D eigenvalue weighted by Gasteiger charge is -2.02. The maximum absolute atomic E-state index is 12.5. The van der Waals surface area contributed by atoms with E-state index >= 15 is 0 Å². The first kappa shape index (κ1) is 12.1. The molecule has 0 aromatic heterocycles. The summed E-state index contributed by atoms with van der Waals surface area (Å²) in [6.07, 6.45) is 0. The van der Waals surface area contributed by atoms with Gasteiger partial charge in [-0.25, -0.2) is 12.8 Å². The van der Waals surface area contributed by atoms with Gasteiger partial charge in [0.25, 0.3) is 0 Å². The summed E-state index contributed by atoms with van der Waals surface area (Å²) in [6.45, 7) is 0. The van der Waals surface area contributed by atoms with Crippen LogP contribution in [0.1, 0.15) is 5.56 Å². The molecule has 0 radical (unpaired) electrons. The number of sulfone groups is 1. The van der Waals surface area contributed by atoms with Crippen LogP contribution in [0.25, 0.3) is 0 Å². The van der Waals surface area contributed by atoms with Crippen molar-refractivity contribution >= 4 is 27.0 Å². The Bertz CT molecular complexity index is 454. The first-order valence-corrected chi connectivity index (χ1v) is 6.35. The van der Waals surface area contributed by atoms with Crippen molar-refractivity contribution in [3.8, 4) is 0 Å². The molecular formula is C9H10FNO2S2. The van der Waals surface area contributed by atoms with E-state index in [9.17, 15) is 12.8 Å². The first-order valence-electron chi connectivity index (χ1n) is 4.12. The lowest BCUT2D eigenvalue weighted by atomic mass is 10.2. The zero-order chi connectivity index (χ0) is 11.5. The second-order valence-electron chi connectivity index (χ2n) is 3.13. The van der Waals surface area contributed by atoms with E-state index in [0.29, 0.717) is 5.56 Å². The molecule has 0 fully saturated rings. The minimum absolute atomic E-state index is 0.0582. The summed E-state index contributed by atoms with van der Waals surface area (Å²) in [5.41, 5.74) is 5.67. The third-order valence-electron chi connectivity index (χ3n) is 1.66. The van der Waals surface area contributed by atoms with Crippen LogP contribution < -0.4 is 5.73 Å². The van der Waals surface area contributed by atoms with Gasteiger partial charge in [0.15, 0.2) is 9.84 Å². The molecule has 0 aliphatic heterocycles. The van der Waals surface area contributed by atoms with E-state index in [4.69, 9.17) is 5.73 Å². The molecule has 0 saturated carbocycles. The number of hydrogen-bond acceptors (Lipinski definition) is 3. The molecule has 1 aromatic rings. The van der Waals surface area contributed by atoms with Crippen LogP contribution in [0.3, 0.4) is 0 Å². The molecule has 1 rings (SSSR count).